The SMILES string of the molecule is C.CN1CCN(C2CCN(C(=O)[C@H](CC(=O)N3CCC(N4Cc5cscc5NC4=O)CC3)Cc3cc(Cl)c(N)c(C(F)(F)F)c3)CC2)CC1. The number of hydrogen-bond acceptors (Lipinski definition) is 7. The fraction of sp³-hybridized carbons (Fsp3) is 0.618. The summed E-state index contributed by atoms with van der Waals surface area (Å²) >= 11 is 7.68. The van der Waals surface area contributed by atoms with Crippen molar-refractivity contribution in [2.24, 2.45) is 5.92 Å². The number of benzene rings is 1. The Morgan fingerprint density at radius 2 is 1.61 bits per heavy atom. The van der Waals surface area contributed by atoms with Crippen LogP contribution in [0.1, 0.15) is 56.2 Å². The minimum absolute atomic E-state index is 0. The molecular formula is C34H47ClF3N7O3S. The molecule has 3 saturated heterocycles. The number of nitrogen functional groups attached to an aromatic ring is 1. The number of carbonyl (C=O) groups excluding carboxylic acids is 3. The summed E-state index contributed by atoms with van der Waals surface area (Å²) in [5.74, 6) is -1.31. The number of likely N-dealkylation sites (N-methyl/N-ethyl adjacent to an activating group) is 1. The average molecular weight is 726 g/mol. The van der Waals surface area contributed by atoms with Crippen LogP contribution in [0, 0.1) is 5.92 Å². The fourth-order valence-corrected chi connectivity index (χ4v) is 8.54. The van der Waals surface area contributed by atoms with Crippen LogP contribution in [0.15, 0.2) is 22.9 Å². The van der Waals surface area contributed by atoms with E-state index < -0.39 is 23.3 Å². The Labute approximate surface area is 295 Å². The van der Waals surface area contributed by atoms with Gasteiger partial charge in [-0.05, 0) is 62.2 Å². The van der Waals surface area contributed by atoms with Crippen molar-refractivity contribution in [2.45, 2.75) is 70.8 Å². The summed E-state index contributed by atoms with van der Waals surface area (Å²) in [6.45, 7) is 6.42. The number of alkyl halides is 3. The van der Waals surface area contributed by atoms with Gasteiger partial charge in [-0.2, -0.15) is 13.2 Å². The minimum Gasteiger partial charge on any atom is -0.397 e. The molecule has 15 heteroatoms. The van der Waals surface area contributed by atoms with Gasteiger partial charge in [-0.1, -0.05) is 19.0 Å². The molecule has 0 radical (unpaired) electrons. The van der Waals surface area contributed by atoms with E-state index in [4.69, 9.17) is 17.3 Å². The second kappa shape index (κ2) is 15.4. The van der Waals surface area contributed by atoms with Crippen LogP contribution >= 0.6 is 22.9 Å². The zero-order valence-electron chi connectivity index (χ0n) is 27.1. The van der Waals surface area contributed by atoms with Gasteiger partial charge in [0.2, 0.25) is 11.8 Å². The summed E-state index contributed by atoms with van der Waals surface area (Å²) in [7, 11) is 2.11. The molecule has 0 spiro atoms. The third-order valence-corrected chi connectivity index (χ3v) is 11.5. The van der Waals surface area contributed by atoms with Gasteiger partial charge in [-0.25, -0.2) is 4.79 Å². The zero-order valence-corrected chi connectivity index (χ0v) is 28.7. The summed E-state index contributed by atoms with van der Waals surface area (Å²) in [5.41, 5.74) is 6.20. The molecule has 4 amide bonds. The first kappa shape index (κ1) is 37.2. The maximum atomic E-state index is 14.1. The van der Waals surface area contributed by atoms with Crippen LogP contribution in [-0.2, 0) is 28.7 Å². The quantitative estimate of drug-likeness (QED) is 0.368. The molecule has 270 valence electrons. The highest BCUT2D eigenvalue weighted by molar-refractivity contribution is 7.08. The number of nitrogens with one attached hydrogen (secondary N) is 1. The summed E-state index contributed by atoms with van der Waals surface area (Å²) in [5, 5.41) is 6.65. The van der Waals surface area contributed by atoms with Crippen molar-refractivity contribution >= 4 is 52.2 Å². The number of hydrogen-bond donors (Lipinski definition) is 2. The Hall–Kier alpha value is -3.07. The van der Waals surface area contributed by atoms with Crippen molar-refractivity contribution in [1.29, 1.82) is 0 Å². The van der Waals surface area contributed by atoms with Gasteiger partial charge < -0.3 is 30.7 Å². The number of anilines is 2. The van der Waals surface area contributed by atoms with Crippen LogP contribution in [0.4, 0.5) is 29.3 Å². The van der Waals surface area contributed by atoms with Crippen LogP contribution in [0.5, 0.6) is 0 Å². The lowest BCUT2D eigenvalue weighted by atomic mass is 9.91. The molecular weight excluding hydrogens is 679 g/mol. The molecule has 3 fully saturated rings. The topological polar surface area (TPSA) is 105 Å². The molecule has 4 aliphatic heterocycles. The third kappa shape index (κ3) is 8.46. The first-order chi connectivity index (χ1) is 22.9. The molecule has 1 atom stereocenters. The van der Waals surface area contributed by atoms with Crippen molar-refractivity contribution in [1.82, 2.24) is 24.5 Å². The third-order valence-electron chi connectivity index (χ3n) is 10.4. The van der Waals surface area contributed by atoms with E-state index in [-0.39, 0.29) is 54.7 Å². The second-order valence-corrected chi connectivity index (χ2v) is 14.7. The summed E-state index contributed by atoms with van der Waals surface area (Å²) < 4.78 is 41.4. The Morgan fingerprint density at radius 1 is 0.980 bits per heavy atom. The number of urea groups is 1. The molecule has 3 N–H and O–H groups in total. The van der Waals surface area contributed by atoms with Gasteiger partial charge in [-0.15, -0.1) is 11.3 Å². The number of nitrogens with two attached hydrogens (primary N) is 1. The Kier molecular flexibility index (Phi) is 11.7. The molecule has 1 aromatic carbocycles. The molecule has 0 saturated carbocycles. The molecule has 0 bridgehead atoms. The van der Waals surface area contributed by atoms with Crippen molar-refractivity contribution in [3.05, 3.63) is 44.6 Å². The summed E-state index contributed by atoms with van der Waals surface area (Å²) in [4.78, 5) is 50.6. The van der Waals surface area contributed by atoms with Crippen molar-refractivity contribution in [2.75, 3.05) is 70.5 Å². The number of rotatable bonds is 7. The van der Waals surface area contributed by atoms with E-state index in [1.165, 1.54) is 6.07 Å². The standard InChI is InChI=1S/C33H43ClF3N7O3S.CH4/c1-40-10-12-41(13-11-40)24-2-8-43(9-3-24)31(46)22(14-21-15-26(33(35,36)37)30(38)27(34)16-21)17-29(45)42-6-4-25(5-7-42)44-18-23-19-48-20-28(23)39-32(44)47;/h15-16,19-20,22,24-25H,2-14,17-18,38H2,1H3,(H,39,47);1H4/t22-;/m0./s1. The van der Waals surface area contributed by atoms with Gasteiger partial charge in [0.1, 0.15) is 0 Å². The molecule has 2 aromatic rings. The Bertz CT molecular complexity index is 1500. The lowest BCUT2D eigenvalue weighted by Gasteiger charge is -2.42. The summed E-state index contributed by atoms with van der Waals surface area (Å²) in [6, 6.07) is 2.51. The molecule has 10 nitrogen and oxygen atoms in total. The number of thiophene rings is 1. The van der Waals surface area contributed by atoms with Crippen molar-refractivity contribution in [3.8, 4) is 0 Å². The van der Waals surface area contributed by atoms with E-state index in [0.29, 0.717) is 51.6 Å². The number of fused-ring (bicyclic) bond motifs is 1. The van der Waals surface area contributed by atoms with Crippen LogP contribution in [-0.4, -0.2) is 114 Å². The van der Waals surface area contributed by atoms with E-state index in [1.54, 1.807) is 21.1 Å². The second-order valence-electron chi connectivity index (χ2n) is 13.5. The summed E-state index contributed by atoms with van der Waals surface area (Å²) in [6.07, 6.45) is -2.10. The van der Waals surface area contributed by atoms with Gasteiger partial charge in [0.25, 0.3) is 0 Å². The molecule has 6 rings (SSSR count). The number of halogens is 4. The highest BCUT2D eigenvalue weighted by Crippen LogP contribution is 2.39. The van der Waals surface area contributed by atoms with Gasteiger partial charge in [0.05, 0.1) is 34.4 Å². The van der Waals surface area contributed by atoms with Crippen LogP contribution in [0.3, 0.4) is 0 Å². The minimum atomic E-state index is -4.72. The van der Waals surface area contributed by atoms with Gasteiger partial charge in [0, 0.05) is 81.8 Å². The zero-order chi connectivity index (χ0) is 34.2. The normalized spacial score (nSPS) is 20.8. The molecule has 0 aliphatic carbocycles. The van der Waals surface area contributed by atoms with E-state index in [1.807, 2.05) is 15.7 Å². The van der Waals surface area contributed by atoms with E-state index in [2.05, 4.69) is 22.2 Å². The van der Waals surface area contributed by atoms with Crippen molar-refractivity contribution in [3.63, 3.8) is 0 Å². The number of carbonyl (C=O) groups is 3. The highest BCUT2D eigenvalue weighted by atomic mass is 35.5. The van der Waals surface area contributed by atoms with Gasteiger partial charge >= 0.3 is 12.2 Å². The fourth-order valence-electron chi connectivity index (χ4n) is 7.51. The van der Waals surface area contributed by atoms with Gasteiger partial charge in [-0.3, -0.25) is 14.5 Å². The number of piperidine rings is 2. The predicted octanol–water partition coefficient (Wildman–Crippen LogP) is 5.46. The number of likely N-dealkylation sites (tertiary alicyclic amines) is 2. The van der Waals surface area contributed by atoms with E-state index in [9.17, 15) is 27.6 Å². The maximum Gasteiger partial charge on any atom is 0.418 e. The molecule has 4 aliphatic rings. The molecule has 49 heavy (non-hydrogen) atoms. The lowest BCUT2D eigenvalue weighted by molar-refractivity contribution is -0.143. The average Bonchev–Trinajstić information content (AvgIpc) is 3.52. The van der Waals surface area contributed by atoms with Crippen LogP contribution in [0.25, 0.3) is 0 Å². The first-order valence-electron chi connectivity index (χ1n) is 16.6. The maximum absolute atomic E-state index is 14.1. The number of amides is 4. The van der Waals surface area contributed by atoms with Gasteiger partial charge in [0.15, 0.2) is 0 Å². The molecule has 0 unspecified atom stereocenters. The van der Waals surface area contributed by atoms with Crippen molar-refractivity contribution < 1.29 is 27.6 Å². The van der Waals surface area contributed by atoms with Crippen LogP contribution < -0.4 is 11.1 Å². The smallest absolute Gasteiger partial charge is 0.397 e. The van der Waals surface area contributed by atoms with E-state index >= 15 is 0 Å². The predicted molar refractivity (Wildman–Crippen MR) is 187 cm³/mol. The lowest BCUT2D eigenvalue weighted by Crippen LogP contribution is -2.54. The largest absolute Gasteiger partial charge is 0.418 e. The number of piperazine rings is 1. The van der Waals surface area contributed by atoms with E-state index in [0.717, 1.165) is 56.3 Å². The molecule has 1 aromatic heterocycles. The monoisotopic (exact) mass is 725 g/mol. The first-order valence-corrected chi connectivity index (χ1v) is 18.0. The Balaban J connectivity index is 0.00000468. The van der Waals surface area contributed by atoms with Crippen LogP contribution in [0.2, 0.25) is 5.02 Å². The number of nitrogens with zero attached hydrogens (tertiary/aromatic N) is 5. The highest BCUT2D eigenvalue weighted by Gasteiger charge is 2.38. The molecule has 5 heterocycles. The Morgan fingerprint density at radius 3 is 2.27 bits per heavy atom.